The van der Waals surface area contributed by atoms with Gasteiger partial charge in [-0.2, -0.15) is 0 Å². The van der Waals surface area contributed by atoms with Crippen molar-refractivity contribution < 1.29 is 27.1 Å². The third-order valence-corrected chi connectivity index (χ3v) is 6.37. The summed E-state index contributed by atoms with van der Waals surface area (Å²) >= 11 is 0. The lowest BCUT2D eigenvalue weighted by atomic mass is 10.2. The van der Waals surface area contributed by atoms with Gasteiger partial charge < -0.3 is 14.5 Å². The number of nitrogens with zero attached hydrogens (tertiary/aromatic N) is 3. The number of amides is 1. The van der Waals surface area contributed by atoms with Crippen LogP contribution in [0.25, 0.3) is 0 Å². The Kier molecular flexibility index (Phi) is 7.75. The zero-order valence-corrected chi connectivity index (χ0v) is 18.9. The Labute approximate surface area is 181 Å². The van der Waals surface area contributed by atoms with Crippen molar-refractivity contribution in [1.29, 1.82) is 0 Å². The number of rotatable bonds is 8. The molecule has 0 aliphatic rings. The van der Waals surface area contributed by atoms with Gasteiger partial charge in [-0.25, -0.2) is 21.9 Å². The molecule has 0 N–H and O–H groups in total. The number of sulfonamides is 1. The Morgan fingerprint density at radius 2 is 1.58 bits per heavy atom. The van der Waals surface area contributed by atoms with Crippen LogP contribution in [0, 0.1) is 5.82 Å². The first-order chi connectivity index (χ1) is 14.4. The number of ether oxygens (including phenoxy) is 1. The number of carbonyl (C=O) groups excluding carboxylic acids is 2. The minimum Gasteiger partial charge on any atom is -0.452 e. The lowest BCUT2D eigenvalue weighted by Crippen LogP contribution is -2.31. The fraction of sp³-hybridized carbons (Fsp3) is 0.333. The summed E-state index contributed by atoms with van der Waals surface area (Å²) in [6, 6.07) is 10.4. The van der Waals surface area contributed by atoms with Crippen LogP contribution < -0.4 is 4.90 Å². The van der Waals surface area contributed by atoms with Crippen LogP contribution in [0.1, 0.15) is 15.9 Å². The average Bonchev–Trinajstić information content (AvgIpc) is 2.72. The smallest absolute Gasteiger partial charge is 0.341 e. The van der Waals surface area contributed by atoms with E-state index < -0.39 is 39.9 Å². The minimum absolute atomic E-state index is 0.254. The van der Waals surface area contributed by atoms with Crippen LogP contribution in [0.15, 0.2) is 47.4 Å². The molecule has 2 aromatic rings. The second kappa shape index (κ2) is 9.88. The second-order valence-electron chi connectivity index (χ2n) is 7.32. The lowest BCUT2D eigenvalue weighted by Gasteiger charge is -2.18. The molecule has 0 aromatic heterocycles. The number of hydrogen-bond donors (Lipinski definition) is 0. The number of benzene rings is 2. The number of anilines is 1. The standard InChI is InChI=1S/C21H26FN3O5S/c1-23(2)16-8-6-15(7-9-16)13-25(5)20(26)14-30-21(27)18-12-17(10-11-19(18)22)31(28,29)24(3)4/h6-12H,13-14H2,1-5H3. The van der Waals surface area contributed by atoms with E-state index in [0.717, 1.165) is 33.8 Å². The Morgan fingerprint density at radius 1 is 0.968 bits per heavy atom. The summed E-state index contributed by atoms with van der Waals surface area (Å²) in [5.74, 6) is -2.54. The van der Waals surface area contributed by atoms with Crippen molar-refractivity contribution in [3.63, 3.8) is 0 Å². The van der Waals surface area contributed by atoms with E-state index in [2.05, 4.69) is 0 Å². The van der Waals surface area contributed by atoms with E-state index in [0.29, 0.717) is 6.54 Å². The molecule has 1 amide bonds. The van der Waals surface area contributed by atoms with Gasteiger partial charge in [-0.3, -0.25) is 4.79 Å². The van der Waals surface area contributed by atoms with E-state index in [1.54, 1.807) is 7.05 Å². The minimum atomic E-state index is -3.86. The van der Waals surface area contributed by atoms with E-state index in [-0.39, 0.29) is 4.90 Å². The normalized spacial score (nSPS) is 11.3. The number of likely N-dealkylation sites (N-methyl/N-ethyl adjacent to an activating group) is 1. The SMILES string of the molecule is CN(Cc1ccc(N(C)C)cc1)C(=O)COC(=O)c1cc(S(=O)(=O)N(C)C)ccc1F. The molecule has 0 spiro atoms. The monoisotopic (exact) mass is 451 g/mol. The third kappa shape index (κ3) is 6.02. The Hall–Kier alpha value is -2.98. The van der Waals surface area contributed by atoms with Crippen LogP contribution >= 0.6 is 0 Å². The molecule has 0 saturated carbocycles. The summed E-state index contributed by atoms with van der Waals surface area (Å²) in [7, 11) is 4.19. The number of carbonyl (C=O) groups is 2. The number of hydrogen-bond acceptors (Lipinski definition) is 6. The Bertz CT molecular complexity index is 1050. The van der Waals surface area contributed by atoms with E-state index in [1.165, 1.54) is 19.0 Å². The fourth-order valence-electron chi connectivity index (χ4n) is 2.61. The van der Waals surface area contributed by atoms with Gasteiger partial charge >= 0.3 is 5.97 Å². The lowest BCUT2D eigenvalue weighted by molar-refractivity contribution is -0.133. The zero-order valence-electron chi connectivity index (χ0n) is 18.1. The van der Waals surface area contributed by atoms with Crippen molar-refractivity contribution in [2.45, 2.75) is 11.4 Å². The molecule has 0 bridgehead atoms. The molecule has 0 aliphatic heterocycles. The third-order valence-electron chi connectivity index (χ3n) is 4.56. The van der Waals surface area contributed by atoms with Gasteiger partial charge in [0.25, 0.3) is 5.91 Å². The van der Waals surface area contributed by atoms with Gasteiger partial charge in [0.2, 0.25) is 10.0 Å². The van der Waals surface area contributed by atoms with E-state index in [9.17, 15) is 22.4 Å². The molecule has 2 rings (SSSR count). The van der Waals surface area contributed by atoms with Crippen LogP contribution in [0.4, 0.5) is 10.1 Å². The van der Waals surface area contributed by atoms with Crippen molar-refractivity contribution in [1.82, 2.24) is 9.21 Å². The van der Waals surface area contributed by atoms with E-state index in [4.69, 9.17) is 4.74 Å². The Balaban J connectivity index is 2.02. The average molecular weight is 452 g/mol. The van der Waals surface area contributed by atoms with Gasteiger partial charge in [0.05, 0.1) is 10.5 Å². The van der Waals surface area contributed by atoms with Crippen molar-refractivity contribution in [3.8, 4) is 0 Å². The van der Waals surface area contributed by atoms with Crippen molar-refractivity contribution in [2.75, 3.05) is 46.7 Å². The molecule has 31 heavy (non-hydrogen) atoms. The fourth-order valence-corrected chi connectivity index (χ4v) is 3.54. The molecule has 0 saturated heterocycles. The molecular formula is C21H26FN3O5S. The van der Waals surface area contributed by atoms with Gasteiger partial charge in [0, 0.05) is 47.5 Å². The van der Waals surface area contributed by atoms with Gasteiger partial charge in [-0.1, -0.05) is 12.1 Å². The topological polar surface area (TPSA) is 87.2 Å². The second-order valence-corrected chi connectivity index (χ2v) is 9.47. The maximum Gasteiger partial charge on any atom is 0.341 e. The highest BCUT2D eigenvalue weighted by Gasteiger charge is 2.23. The molecule has 0 heterocycles. The van der Waals surface area contributed by atoms with Crippen LogP contribution in [-0.4, -0.2) is 71.3 Å². The van der Waals surface area contributed by atoms with Gasteiger partial charge in [-0.05, 0) is 35.9 Å². The van der Waals surface area contributed by atoms with E-state index >= 15 is 0 Å². The molecule has 168 valence electrons. The first-order valence-corrected chi connectivity index (χ1v) is 10.8. The predicted molar refractivity (Wildman–Crippen MR) is 115 cm³/mol. The first-order valence-electron chi connectivity index (χ1n) is 9.33. The molecular weight excluding hydrogens is 425 g/mol. The van der Waals surface area contributed by atoms with Crippen LogP contribution in [0.5, 0.6) is 0 Å². The van der Waals surface area contributed by atoms with Crippen molar-refractivity contribution in [2.24, 2.45) is 0 Å². The van der Waals surface area contributed by atoms with Crippen molar-refractivity contribution in [3.05, 3.63) is 59.4 Å². The summed E-state index contributed by atoms with van der Waals surface area (Å²) in [5, 5.41) is 0. The molecule has 0 atom stereocenters. The van der Waals surface area contributed by atoms with Crippen LogP contribution in [-0.2, 0) is 26.1 Å². The summed E-state index contributed by atoms with van der Waals surface area (Å²) < 4.78 is 44.3. The summed E-state index contributed by atoms with van der Waals surface area (Å²) in [6.45, 7) is -0.301. The van der Waals surface area contributed by atoms with Gasteiger partial charge in [-0.15, -0.1) is 0 Å². The molecule has 10 heteroatoms. The highest BCUT2D eigenvalue weighted by Crippen LogP contribution is 2.19. The summed E-state index contributed by atoms with van der Waals surface area (Å²) in [4.78, 5) is 27.6. The van der Waals surface area contributed by atoms with E-state index in [1.807, 2.05) is 43.3 Å². The summed E-state index contributed by atoms with van der Waals surface area (Å²) in [6.07, 6.45) is 0. The highest BCUT2D eigenvalue weighted by molar-refractivity contribution is 7.89. The zero-order chi connectivity index (χ0) is 23.3. The molecule has 8 nitrogen and oxygen atoms in total. The van der Waals surface area contributed by atoms with Crippen molar-refractivity contribution >= 4 is 27.6 Å². The van der Waals surface area contributed by atoms with Gasteiger partial charge in [0.15, 0.2) is 6.61 Å². The van der Waals surface area contributed by atoms with Crippen LogP contribution in [0.2, 0.25) is 0 Å². The summed E-state index contributed by atoms with van der Waals surface area (Å²) in [5.41, 5.74) is 1.35. The first kappa shape index (κ1) is 24.3. The molecule has 0 aliphatic carbocycles. The molecule has 0 radical (unpaired) electrons. The molecule has 0 fully saturated rings. The maximum atomic E-state index is 14.1. The molecule has 0 unspecified atom stereocenters. The highest BCUT2D eigenvalue weighted by atomic mass is 32.2. The number of halogens is 1. The van der Waals surface area contributed by atoms with Gasteiger partial charge in [0.1, 0.15) is 5.82 Å². The van der Waals surface area contributed by atoms with Crippen LogP contribution in [0.3, 0.4) is 0 Å². The Morgan fingerprint density at radius 3 is 2.13 bits per heavy atom. The predicted octanol–water partition coefficient (Wildman–Crippen LogP) is 1.96. The quantitative estimate of drug-likeness (QED) is 0.571. The largest absolute Gasteiger partial charge is 0.452 e. The molecule has 2 aromatic carbocycles. The number of esters is 1. The maximum absolute atomic E-state index is 14.1.